The summed E-state index contributed by atoms with van der Waals surface area (Å²) in [5, 5.41) is 19.6. The summed E-state index contributed by atoms with van der Waals surface area (Å²) >= 11 is 0. The number of ether oxygens (including phenoxy) is 1. The van der Waals surface area contributed by atoms with Gasteiger partial charge in [0.15, 0.2) is 9.84 Å². The Hall–Kier alpha value is -1.58. The standard InChI is InChI=1S/C13H15NO4S/c1-18-11-4-2-10(3-5-11)12(15)13(8-14)6-7-19(16,17)9-13/h2-5,12,15H,6-7,9H2,1H3. The summed E-state index contributed by atoms with van der Waals surface area (Å²) in [6.07, 6.45) is -0.945. The second kappa shape index (κ2) is 4.83. The van der Waals surface area contributed by atoms with Crippen molar-refractivity contribution >= 4 is 9.84 Å². The first kappa shape index (κ1) is 13.8. The van der Waals surface area contributed by atoms with Gasteiger partial charge in [-0.05, 0) is 24.1 Å². The Morgan fingerprint density at radius 3 is 2.47 bits per heavy atom. The van der Waals surface area contributed by atoms with Gasteiger partial charge in [0.1, 0.15) is 11.2 Å². The largest absolute Gasteiger partial charge is 0.497 e. The van der Waals surface area contributed by atoms with Crippen LogP contribution in [0, 0.1) is 16.7 Å². The van der Waals surface area contributed by atoms with E-state index >= 15 is 0 Å². The second-order valence-corrected chi connectivity index (χ2v) is 6.97. The summed E-state index contributed by atoms with van der Waals surface area (Å²) < 4.78 is 28.1. The van der Waals surface area contributed by atoms with Crippen LogP contribution in [0.4, 0.5) is 0 Å². The summed E-state index contributed by atoms with van der Waals surface area (Å²) in [5.74, 6) is 0.304. The van der Waals surface area contributed by atoms with Crippen molar-refractivity contribution in [3.63, 3.8) is 0 Å². The maximum absolute atomic E-state index is 11.6. The third-order valence-corrected chi connectivity index (χ3v) is 5.30. The summed E-state index contributed by atoms with van der Waals surface area (Å²) in [6, 6.07) is 8.64. The molecule has 1 heterocycles. The molecule has 19 heavy (non-hydrogen) atoms. The van der Waals surface area contributed by atoms with Gasteiger partial charge in [-0.25, -0.2) is 8.42 Å². The van der Waals surface area contributed by atoms with Gasteiger partial charge in [-0.3, -0.25) is 0 Å². The van der Waals surface area contributed by atoms with Gasteiger partial charge in [0.05, 0.1) is 30.8 Å². The number of sulfone groups is 1. The minimum atomic E-state index is -3.24. The van der Waals surface area contributed by atoms with E-state index in [1.165, 1.54) is 7.11 Å². The smallest absolute Gasteiger partial charge is 0.152 e. The topological polar surface area (TPSA) is 87.4 Å². The van der Waals surface area contributed by atoms with Crippen LogP contribution in [0.3, 0.4) is 0 Å². The fraction of sp³-hybridized carbons (Fsp3) is 0.462. The molecule has 2 unspecified atom stereocenters. The van der Waals surface area contributed by atoms with Gasteiger partial charge in [0, 0.05) is 0 Å². The van der Waals surface area contributed by atoms with Crippen LogP contribution in [0.2, 0.25) is 0 Å². The van der Waals surface area contributed by atoms with Crippen molar-refractivity contribution in [2.24, 2.45) is 5.41 Å². The first-order valence-corrected chi connectivity index (χ1v) is 7.68. The Kier molecular flexibility index (Phi) is 3.52. The van der Waals surface area contributed by atoms with Gasteiger partial charge in [-0.2, -0.15) is 5.26 Å². The summed E-state index contributed by atoms with van der Waals surface area (Å²) in [4.78, 5) is 0. The lowest BCUT2D eigenvalue weighted by atomic mass is 9.80. The molecule has 1 fully saturated rings. The van der Waals surface area contributed by atoms with Crippen LogP contribution in [0.1, 0.15) is 18.1 Å². The maximum atomic E-state index is 11.6. The molecular weight excluding hydrogens is 266 g/mol. The number of nitrogens with zero attached hydrogens (tertiary/aromatic N) is 1. The van der Waals surface area contributed by atoms with Gasteiger partial charge in [0.25, 0.3) is 0 Å². The molecule has 1 aliphatic heterocycles. The lowest BCUT2D eigenvalue weighted by Gasteiger charge is -2.26. The average molecular weight is 281 g/mol. The summed E-state index contributed by atoms with van der Waals surface area (Å²) in [7, 11) is -1.71. The molecule has 102 valence electrons. The highest BCUT2D eigenvalue weighted by atomic mass is 32.2. The lowest BCUT2D eigenvalue weighted by molar-refractivity contribution is 0.0793. The molecule has 1 aromatic carbocycles. The minimum Gasteiger partial charge on any atom is -0.497 e. The normalized spacial score (nSPS) is 26.6. The van der Waals surface area contributed by atoms with Crippen LogP contribution < -0.4 is 4.74 Å². The highest BCUT2D eigenvalue weighted by Gasteiger charge is 2.48. The van der Waals surface area contributed by atoms with Crippen LogP contribution in [0.25, 0.3) is 0 Å². The molecule has 5 nitrogen and oxygen atoms in total. The Morgan fingerprint density at radius 1 is 1.42 bits per heavy atom. The SMILES string of the molecule is COc1ccc(C(O)C2(C#N)CCS(=O)(=O)C2)cc1. The van der Waals surface area contributed by atoms with Crippen molar-refractivity contribution in [3.05, 3.63) is 29.8 Å². The predicted octanol–water partition coefficient (Wildman–Crippen LogP) is 1.06. The van der Waals surface area contributed by atoms with Crippen LogP contribution in [0.15, 0.2) is 24.3 Å². The molecule has 1 N–H and O–H groups in total. The highest BCUT2D eigenvalue weighted by Crippen LogP contribution is 2.43. The van der Waals surface area contributed by atoms with E-state index in [2.05, 4.69) is 0 Å². The molecule has 0 bridgehead atoms. The number of nitriles is 1. The number of aliphatic hydroxyl groups is 1. The average Bonchev–Trinajstić information content (AvgIpc) is 2.75. The Balaban J connectivity index is 2.31. The number of benzene rings is 1. The molecular formula is C13H15NO4S. The molecule has 0 aromatic heterocycles. The molecule has 6 heteroatoms. The minimum absolute atomic E-state index is 0.0478. The van der Waals surface area contributed by atoms with Gasteiger partial charge in [-0.15, -0.1) is 0 Å². The molecule has 0 spiro atoms. The summed E-state index contributed by atoms with van der Waals surface area (Å²) in [5.41, 5.74) is -0.715. The molecule has 1 aliphatic rings. The number of rotatable bonds is 3. The molecule has 0 saturated carbocycles. The van der Waals surface area contributed by atoms with Crippen LogP contribution in [-0.2, 0) is 9.84 Å². The molecule has 0 aliphatic carbocycles. The molecule has 1 saturated heterocycles. The summed E-state index contributed by atoms with van der Waals surface area (Å²) in [6.45, 7) is 0. The van der Waals surface area contributed by atoms with E-state index in [1.807, 2.05) is 6.07 Å². The van der Waals surface area contributed by atoms with Crippen molar-refractivity contribution in [2.75, 3.05) is 18.6 Å². The van der Waals surface area contributed by atoms with Crippen LogP contribution in [-0.4, -0.2) is 32.1 Å². The van der Waals surface area contributed by atoms with E-state index in [0.717, 1.165) is 0 Å². The van der Waals surface area contributed by atoms with E-state index in [-0.39, 0.29) is 17.9 Å². The van der Waals surface area contributed by atoms with E-state index < -0.39 is 21.4 Å². The first-order valence-electron chi connectivity index (χ1n) is 5.86. The van der Waals surface area contributed by atoms with E-state index in [4.69, 9.17) is 4.74 Å². The quantitative estimate of drug-likeness (QED) is 0.895. The van der Waals surface area contributed by atoms with Crippen LogP contribution in [0.5, 0.6) is 5.75 Å². The molecule has 2 rings (SSSR count). The lowest BCUT2D eigenvalue weighted by Crippen LogP contribution is -2.28. The van der Waals surface area contributed by atoms with Crippen molar-refractivity contribution in [3.8, 4) is 11.8 Å². The third kappa shape index (κ3) is 2.57. The number of hydrogen-bond acceptors (Lipinski definition) is 5. The highest BCUT2D eigenvalue weighted by molar-refractivity contribution is 7.91. The van der Waals surface area contributed by atoms with Crippen molar-refractivity contribution in [2.45, 2.75) is 12.5 Å². The van der Waals surface area contributed by atoms with Gasteiger partial charge < -0.3 is 9.84 Å². The van der Waals surface area contributed by atoms with Crippen LogP contribution >= 0.6 is 0 Å². The molecule has 1 aromatic rings. The van der Waals surface area contributed by atoms with Gasteiger partial charge in [0.2, 0.25) is 0 Å². The fourth-order valence-corrected chi connectivity index (χ4v) is 4.32. The second-order valence-electron chi connectivity index (χ2n) is 4.79. The van der Waals surface area contributed by atoms with Gasteiger partial charge in [-0.1, -0.05) is 12.1 Å². The number of methoxy groups -OCH3 is 1. The monoisotopic (exact) mass is 281 g/mol. The predicted molar refractivity (Wildman–Crippen MR) is 69.3 cm³/mol. The molecule has 2 atom stereocenters. The maximum Gasteiger partial charge on any atom is 0.152 e. The molecule has 0 radical (unpaired) electrons. The zero-order chi connectivity index (χ0) is 14.1. The van der Waals surface area contributed by atoms with Crippen molar-refractivity contribution in [1.29, 1.82) is 5.26 Å². The van der Waals surface area contributed by atoms with E-state index in [9.17, 15) is 18.8 Å². The zero-order valence-electron chi connectivity index (χ0n) is 10.5. The zero-order valence-corrected chi connectivity index (χ0v) is 11.4. The molecule has 0 amide bonds. The van der Waals surface area contributed by atoms with Crippen molar-refractivity contribution < 1.29 is 18.3 Å². The van der Waals surface area contributed by atoms with Gasteiger partial charge >= 0.3 is 0 Å². The first-order chi connectivity index (χ1) is 8.92. The van der Waals surface area contributed by atoms with E-state index in [0.29, 0.717) is 11.3 Å². The fourth-order valence-electron chi connectivity index (χ4n) is 2.34. The van der Waals surface area contributed by atoms with E-state index in [1.54, 1.807) is 24.3 Å². The Bertz CT molecular complexity index is 603. The Morgan fingerprint density at radius 2 is 2.05 bits per heavy atom. The Labute approximate surface area is 112 Å². The number of hydrogen-bond donors (Lipinski definition) is 1. The van der Waals surface area contributed by atoms with Crippen molar-refractivity contribution in [1.82, 2.24) is 0 Å². The third-order valence-electron chi connectivity index (χ3n) is 3.51. The number of aliphatic hydroxyl groups excluding tert-OH is 1.